The van der Waals surface area contributed by atoms with Crippen molar-refractivity contribution in [2.45, 2.75) is 39.2 Å². The maximum atomic E-state index is 13.0. The highest BCUT2D eigenvalue weighted by atomic mass is 16.1. The number of likely N-dealkylation sites (tertiary alicyclic amines) is 1. The van der Waals surface area contributed by atoms with Gasteiger partial charge < -0.3 is 5.32 Å². The van der Waals surface area contributed by atoms with E-state index in [1.54, 1.807) is 0 Å². The van der Waals surface area contributed by atoms with Gasteiger partial charge in [-0.3, -0.25) is 19.8 Å². The molecule has 1 unspecified atom stereocenters. The van der Waals surface area contributed by atoms with E-state index in [-0.39, 0.29) is 5.91 Å². The largest absolute Gasteiger partial charge is 0.347 e. The van der Waals surface area contributed by atoms with Crippen molar-refractivity contribution in [3.8, 4) is 11.1 Å². The molecule has 0 saturated carbocycles. The second kappa shape index (κ2) is 10.8. The van der Waals surface area contributed by atoms with Crippen LogP contribution >= 0.6 is 0 Å². The van der Waals surface area contributed by atoms with Crippen molar-refractivity contribution in [3.05, 3.63) is 83.9 Å². The van der Waals surface area contributed by atoms with E-state index >= 15 is 0 Å². The molecule has 1 amide bonds. The van der Waals surface area contributed by atoms with Gasteiger partial charge in [0, 0.05) is 36.4 Å². The zero-order valence-electron chi connectivity index (χ0n) is 20.3. The number of piperidine rings is 1. The second-order valence-electron chi connectivity index (χ2n) is 9.68. The first-order chi connectivity index (χ1) is 17.2. The highest BCUT2D eigenvalue weighted by Gasteiger charge is 2.16. The van der Waals surface area contributed by atoms with Crippen molar-refractivity contribution in [2.75, 3.05) is 19.6 Å². The molecule has 1 aromatic carbocycles. The molecule has 1 atom stereocenters. The van der Waals surface area contributed by atoms with Gasteiger partial charge in [0.2, 0.25) is 0 Å². The summed E-state index contributed by atoms with van der Waals surface area (Å²) >= 11 is 0. The van der Waals surface area contributed by atoms with Crippen molar-refractivity contribution in [2.24, 2.45) is 5.92 Å². The Morgan fingerprint density at radius 1 is 1.14 bits per heavy atom. The Hall–Kier alpha value is -3.51. The van der Waals surface area contributed by atoms with Crippen LogP contribution in [0.3, 0.4) is 0 Å². The van der Waals surface area contributed by atoms with Crippen LogP contribution < -0.4 is 5.32 Å². The first-order valence-corrected chi connectivity index (χ1v) is 12.6. The molecule has 3 aromatic rings. The molecule has 6 nitrogen and oxygen atoms in total. The summed E-state index contributed by atoms with van der Waals surface area (Å²) in [5, 5.41) is 11.2. The fraction of sp³-hybridized carbons (Fsp3) is 0.345. The molecule has 5 rings (SSSR count). The lowest BCUT2D eigenvalue weighted by atomic mass is 10.0. The minimum Gasteiger partial charge on any atom is -0.347 e. The van der Waals surface area contributed by atoms with Crippen molar-refractivity contribution < 1.29 is 4.79 Å². The summed E-state index contributed by atoms with van der Waals surface area (Å²) in [5.74, 6) is 0.350. The van der Waals surface area contributed by atoms with Gasteiger partial charge >= 0.3 is 0 Å². The van der Waals surface area contributed by atoms with Crippen molar-refractivity contribution in [1.29, 1.82) is 0 Å². The number of allylic oxidation sites excluding steroid dienone is 4. The van der Waals surface area contributed by atoms with Gasteiger partial charge in [-0.2, -0.15) is 5.10 Å². The Morgan fingerprint density at radius 2 is 2.03 bits per heavy atom. The molecule has 180 valence electrons. The van der Waals surface area contributed by atoms with Crippen LogP contribution in [0, 0.1) is 5.92 Å². The van der Waals surface area contributed by atoms with Crippen LogP contribution in [0.2, 0.25) is 0 Å². The van der Waals surface area contributed by atoms with Crippen LogP contribution in [-0.2, 0) is 6.54 Å². The van der Waals surface area contributed by atoms with Gasteiger partial charge in [-0.25, -0.2) is 0 Å². The molecule has 2 aliphatic rings. The average Bonchev–Trinajstić information content (AvgIpc) is 3.29. The van der Waals surface area contributed by atoms with E-state index in [9.17, 15) is 4.79 Å². The summed E-state index contributed by atoms with van der Waals surface area (Å²) < 4.78 is 0. The van der Waals surface area contributed by atoms with Gasteiger partial charge in [0.25, 0.3) is 5.91 Å². The summed E-state index contributed by atoms with van der Waals surface area (Å²) in [6.07, 6.45) is 19.3. The number of benzene rings is 1. The Morgan fingerprint density at radius 3 is 2.91 bits per heavy atom. The molecule has 2 aromatic heterocycles. The lowest BCUT2D eigenvalue weighted by Crippen LogP contribution is -2.29. The summed E-state index contributed by atoms with van der Waals surface area (Å²) in [6.45, 7) is 5.91. The molecule has 0 spiro atoms. The maximum Gasteiger partial charge on any atom is 0.272 e. The molecule has 6 heteroatoms. The number of H-pyrrole nitrogens is 1. The fourth-order valence-corrected chi connectivity index (χ4v) is 4.80. The van der Waals surface area contributed by atoms with Gasteiger partial charge in [-0.15, -0.1) is 0 Å². The molecular formula is C29H33N5O. The fourth-order valence-electron chi connectivity index (χ4n) is 4.80. The molecule has 0 bridgehead atoms. The third-order valence-corrected chi connectivity index (χ3v) is 6.80. The SMILES string of the molecule is CC1C=C/C=C(CNC(=O)c2n[nH]c3ccc(-c4cncc(CN5CCCCC5)c4)cc23)\C=C\C1. The zero-order valence-corrected chi connectivity index (χ0v) is 20.3. The van der Waals surface area contributed by atoms with Gasteiger partial charge in [-0.1, -0.05) is 49.8 Å². The number of amides is 1. The average molecular weight is 468 g/mol. The van der Waals surface area contributed by atoms with Crippen molar-refractivity contribution in [1.82, 2.24) is 25.4 Å². The monoisotopic (exact) mass is 467 g/mol. The molecule has 0 radical (unpaired) electrons. The summed E-state index contributed by atoms with van der Waals surface area (Å²) in [7, 11) is 0. The summed E-state index contributed by atoms with van der Waals surface area (Å²) in [5.41, 5.74) is 5.64. The number of aromatic amines is 1. The normalized spacial score (nSPS) is 21.2. The quantitative estimate of drug-likeness (QED) is 0.508. The number of fused-ring (bicyclic) bond motifs is 1. The van der Waals surface area contributed by atoms with Crippen LogP contribution in [0.25, 0.3) is 22.0 Å². The van der Waals surface area contributed by atoms with Crippen LogP contribution in [0.5, 0.6) is 0 Å². The number of carbonyl (C=O) groups excluding carboxylic acids is 1. The van der Waals surface area contributed by atoms with Gasteiger partial charge in [-0.05, 0) is 73.2 Å². The van der Waals surface area contributed by atoms with Crippen molar-refractivity contribution in [3.63, 3.8) is 0 Å². The number of nitrogens with one attached hydrogen (secondary N) is 2. The van der Waals surface area contributed by atoms with E-state index in [0.717, 1.165) is 53.7 Å². The number of hydrogen-bond acceptors (Lipinski definition) is 4. The first kappa shape index (κ1) is 23.2. The van der Waals surface area contributed by atoms with Gasteiger partial charge in [0.1, 0.15) is 0 Å². The topological polar surface area (TPSA) is 73.9 Å². The Balaban J connectivity index is 1.32. The molecular weight excluding hydrogens is 434 g/mol. The number of aromatic nitrogens is 3. The molecule has 1 fully saturated rings. The Labute approximate surface area is 206 Å². The Kier molecular flexibility index (Phi) is 7.19. The van der Waals surface area contributed by atoms with Crippen LogP contribution in [-0.4, -0.2) is 45.6 Å². The van der Waals surface area contributed by atoms with Crippen LogP contribution in [0.4, 0.5) is 0 Å². The molecule has 35 heavy (non-hydrogen) atoms. The molecule has 1 aliphatic carbocycles. The zero-order chi connectivity index (χ0) is 24.0. The summed E-state index contributed by atoms with van der Waals surface area (Å²) in [4.78, 5) is 20.0. The van der Waals surface area contributed by atoms with E-state index in [1.807, 2.05) is 24.5 Å². The highest BCUT2D eigenvalue weighted by Crippen LogP contribution is 2.26. The highest BCUT2D eigenvalue weighted by molar-refractivity contribution is 6.05. The summed E-state index contributed by atoms with van der Waals surface area (Å²) in [6, 6.07) is 8.29. The van der Waals surface area contributed by atoms with Gasteiger partial charge in [0.15, 0.2) is 5.69 Å². The minimum atomic E-state index is -0.181. The maximum absolute atomic E-state index is 13.0. The number of nitrogens with zero attached hydrogens (tertiary/aromatic N) is 3. The predicted octanol–water partition coefficient (Wildman–Crippen LogP) is 5.42. The van der Waals surface area contributed by atoms with Crippen molar-refractivity contribution >= 4 is 16.8 Å². The third kappa shape index (κ3) is 5.77. The van der Waals surface area contributed by atoms with E-state index in [0.29, 0.717) is 18.2 Å². The van der Waals surface area contributed by atoms with Crippen LogP contribution in [0.15, 0.2) is 72.6 Å². The molecule has 1 saturated heterocycles. The van der Waals surface area contributed by atoms with E-state index in [4.69, 9.17) is 0 Å². The number of carbonyl (C=O) groups is 1. The first-order valence-electron chi connectivity index (χ1n) is 12.6. The predicted molar refractivity (Wildman–Crippen MR) is 141 cm³/mol. The second-order valence-corrected chi connectivity index (χ2v) is 9.68. The smallest absolute Gasteiger partial charge is 0.272 e. The lowest BCUT2D eigenvalue weighted by Gasteiger charge is -2.26. The van der Waals surface area contributed by atoms with Crippen LogP contribution in [0.1, 0.15) is 48.7 Å². The Bertz CT molecular complexity index is 1280. The molecule has 1 aliphatic heterocycles. The minimum absolute atomic E-state index is 0.181. The molecule has 2 N–H and O–H groups in total. The lowest BCUT2D eigenvalue weighted by molar-refractivity contribution is 0.0954. The van der Waals surface area contributed by atoms with Gasteiger partial charge in [0.05, 0.1) is 5.52 Å². The number of hydrogen-bond donors (Lipinski definition) is 2. The number of rotatable bonds is 6. The standard InChI is InChI=1S/C29H33N5O/c1-21-7-5-9-22(10-6-8-21)18-31-29(35)28-26-16-24(11-12-27(26)32-33-28)25-15-23(17-30-19-25)20-34-13-3-2-4-14-34/h5-7,9-12,15-17,19,21H,2-4,8,13-14,18,20H2,1H3,(H,31,35)(H,32,33)/b7-5?,10-6+,22-9+. The molecule has 3 heterocycles. The van der Waals surface area contributed by atoms with E-state index < -0.39 is 0 Å². The van der Waals surface area contributed by atoms with E-state index in [2.05, 4.69) is 74.8 Å². The van der Waals surface area contributed by atoms with E-state index in [1.165, 1.54) is 24.8 Å². The third-order valence-electron chi connectivity index (χ3n) is 6.80. The number of pyridine rings is 1.